The lowest BCUT2D eigenvalue weighted by molar-refractivity contribution is 0.134. The van der Waals surface area contributed by atoms with E-state index in [-0.39, 0.29) is 12.2 Å². The first-order chi connectivity index (χ1) is 11.1. The number of benzene rings is 1. The normalized spacial score (nSPS) is 15.3. The maximum absolute atomic E-state index is 6.15. The summed E-state index contributed by atoms with van der Waals surface area (Å²) in [5.41, 5.74) is 2.32. The molecule has 2 unspecified atom stereocenters. The van der Waals surface area contributed by atoms with Crippen LogP contribution in [0.15, 0.2) is 24.3 Å². The number of hydrogen-bond donors (Lipinski definition) is 0. The Morgan fingerprint density at radius 2 is 1.00 bits per heavy atom. The van der Waals surface area contributed by atoms with Crippen LogP contribution in [0.3, 0.4) is 0 Å². The van der Waals surface area contributed by atoms with Gasteiger partial charge in [-0.2, -0.15) is 0 Å². The van der Waals surface area contributed by atoms with Crippen LogP contribution in [-0.4, -0.2) is 30.3 Å². The standard InChI is InChI=1S/C18H34O4Si2/c1-9-19-23(5,6)21-15(3)17-11-13-18(14-12-17)16(4)22-24(7,8)20-10-2/h11-16H,9-10H2,1-8H3. The van der Waals surface area contributed by atoms with Crippen LogP contribution in [0, 0.1) is 0 Å². The fourth-order valence-electron chi connectivity index (χ4n) is 2.79. The molecular weight excluding hydrogens is 336 g/mol. The van der Waals surface area contributed by atoms with Gasteiger partial charge >= 0.3 is 17.1 Å². The summed E-state index contributed by atoms with van der Waals surface area (Å²) >= 11 is 0. The van der Waals surface area contributed by atoms with E-state index in [1.165, 1.54) is 0 Å². The van der Waals surface area contributed by atoms with Crippen molar-refractivity contribution < 1.29 is 17.7 Å². The van der Waals surface area contributed by atoms with Gasteiger partial charge in [0.25, 0.3) is 0 Å². The minimum atomic E-state index is -2.06. The van der Waals surface area contributed by atoms with Gasteiger partial charge in [0.15, 0.2) is 0 Å². The molecule has 0 aliphatic rings. The Balaban J connectivity index is 2.71. The summed E-state index contributed by atoms with van der Waals surface area (Å²) in [7, 11) is -4.12. The summed E-state index contributed by atoms with van der Waals surface area (Å²) in [6.07, 6.45) is 0.0514. The van der Waals surface area contributed by atoms with Gasteiger partial charge in [0.05, 0.1) is 12.2 Å². The molecular formula is C18H34O4Si2. The quantitative estimate of drug-likeness (QED) is 0.522. The molecule has 0 saturated heterocycles. The van der Waals surface area contributed by atoms with Crippen LogP contribution in [0.2, 0.25) is 26.2 Å². The van der Waals surface area contributed by atoms with Crippen molar-refractivity contribution >= 4 is 17.1 Å². The van der Waals surface area contributed by atoms with E-state index in [0.717, 1.165) is 11.1 Å². The summed E-state index contributed by atoms with van der Waals surface area (Å²) in [5.74, 6) is 0. The second-order valence-electron chi connectivity index (χ2n) is 6.85. The Bertz CT molecular complexity index is 443. The second-order valence-corrected chi connectivity index (χ2v) is 13.5. The highest BCUT2D eigenvalue weighted by Gasteiger charge is 2.28. The zero-order valence-electron chi connectivity index (χ0n) is 16.5. The highest BCUT2D eigenvalue weighted by atomic mass is 28.4. The molecule has 0 saturated carbocycles. The van der Waals surface area contributed by atoms with Gasteiger partial charge in [-0.3, -0.25) is 0 Å². The van der Waals surface area contributed by atoms with E-state index in [2.05, 4.69) is 64.3 Å². The van der Waals surface area contributed by atoms with Gasteiger partial charge in [-0.25, -0.2) is 0 Å². The van der Waals surface area contributed by atoms with Crippen molar-refractivity contribution in [2.24, 2.45) is 0 Å². The first-order valence-electron chi connectivity index (χ1n) is 8.83. The Morgan fingerprint density at radius 1 is 0.708 bits per heavy atom. The summed E-state index contributed by atoms with van der Waals surface area (Å²) in [4.78, 5) is 0. The van der Waals surface area contributed by atoms with E-state index in [0.29, 0.717) is 13.2 Å². The molecule has 2 atom stereocenters. The van der Waals surface area contributed by atoms with Crippen molar-refractivity contribution in [1.29, 1.82) is 0 Å². The molecule has 0 aliphatic heterocycles. The highest BCUT2D eigenvalue weighted by Crippen LogP contribution is 2.26. The van der Waals surface area contributed by atoms with Crippen LogP contribution in [0.25, 0.3) is 0 Å². The van der Waals surface area contributed by atoms with Crippen LogP contribution >= 0.6 is 0 Å². The maximum Gasteiger partial charge on any atom is 0.332 e. The van der Waals surface area contributed by atoms with Crippen molar-refractivity contribution in [3.05, 3.63) is 35.4 Å². The van der Waals surface area contributed by atoms with Gasteiger partial charge in [0.1, 0.15) is 0 Å². The Kier molecular flexibility index (Phi) is 8.31. The van der Waals surface area contributed by atoms with E-state index in [1.807, 2.05) is 13.8 Å². The average Bonchev–Trinajstić information content (AvgIpc) is 2.46. The van der Waals surface area contributed by atoms with Crippen molar-refractivity contribution in [3.8, 4) is 0 Å². The van der Waals surface area contributed by atoms with Gasteiger partial charge in [0.2, 0.25) is 0 Å². The molecule has 0 aromatic heterocycles. The lowest BCUT2D eigenvalue weighted by atomic mass is 10.1. The van der Waals surface area contributed by atoms with E-state index >= 15 is 0 Å². The van der Waals surface area contributed by atoms with Crippen LogP contribution in [0.4, 0.5) is 0 Å². The second kappa shape index (κ2) is 9.26. The molecule has 0 radical (unpaired) electrons. The van der Waals surface area contributed by atoms with Gasteiger partial charge in [-0.15, -0.1) is 0 Å². The van der Waals surface area contributed by atoms with Crippen molar-refractivity contribution in [2.45, 2.75) is 66.1 Å². The smallest absolute Gasteiger partial charge is 0.332 e. The fourth-order valence-corrected chi connectivity index (χ4v) is 6.29. The van der Waals surface area contributed by atoms with Gasteiger partial charge in [0, 0.05) is 13.2 Å². The number of rotatable bonds is 10. The molecule has 0 fully saturated rings. The first-order valence-corrected chi connectivity index (χ1v) is 14.5. The molecule has 1 aromatic carbocycles. The average molecular weight is 371 g/mol. The summed E-state index contributed by atoms with van der Waals surface area (Å²) < 4.78 is 23.8. The first kappa shape index (κ1) is 21.5. The predicted octanol–water partition coefficient (Wildman–Crippen LogP) is 5.32. The monoisotopic (exact) mass is 370 g/mol. The van der Waals surface area contributed by atoms with E-state index in [4.69, 9.17) is 17.7 Å². The van der Waals surface area contributed by atoms with Gasteiger partial charge < -0.3 is 17.7 Å². The zero-order valence-corrected chi connectivity index (χ0v) is 18.5. The molecule has 0 amide bonds. The number of hydrogen-bond acceptors (Lipinski definition) is 4. The molecule has 0 bridgehead atoms. The van der Waals surface area contributed by atoms with Crippen LogP contribution in [-0.2, 0) is 17.7 Å². The van der Waals surface area contributed by atoms with Crippen LogP contribution in [0.5, 0.6) is 0 Å². The van der Waals surface area contributed by atoms with Crippen molar-refractivity contribution in [2.75, 3.05) is 13.2 Å². The molecule has 6 heteroatoms. The van der Waals surface area contributed by atoms with Crippen molar-refractivity contribution in [3.63, 3.8) is 0 Å². The summed E-state index contributed by atoms with van der Waals surface area (Å²) in [6, 6.07) is 8.47. The largest absolute Gasteiger partial charge is 0.395 e. The van der Waals surface area contributed by atoms with Gasteiger partial charge in [-0.05, 0) is 65.0 Å². The molecule has 1 aromatic rings. The molecule has 4 nitrogen and oxygen atoms in total. The molecule has 0 N–H and O–H groups in total. The lowest BCUT2D eigenvalue weighted by Crippen LogP contribution is -2.36. The minimum absolute atomic E-state index is 0.0257. The van der Waals surface area contributed by atoms with E-state index < -0.39 is 17.1 Å². The van der Waals surface area contributed by atoms with E-state index in [9.17, 15) is 0 Å². The van der Waals surface area contributed by atoms with Crippen LogP contribution < -0.4 is 0 Å². The lowest BCUT2D eigenvalue weighted by Gasteiger charge is -2.28. The highest BCUT2D eigenvalue weighted by molar-refractivity contribution is 6.64. The molecule has 0 spiro atoms. The molecule has 1 rings (SSSR count). The maximum atomic E-state index is 6.15. The third-order valence-electron chi connectivity index (χ3n) is 3.78. The molecule has 138 valence electrons. The third kappa shape index (κ3) is 7.17. The van der Waals surface area contributed by atoms with E-state index in [1.54, 1.807) is 0 Å². The summed E-state index contributed by atoms with van der Waals surface area (Å²) in [6.45, 7) is 17.9. The molecule has 0 heterocycles. The Hall–Kier alpha value is -0.506. The molecule has 0 aliphatic carbocycles. The summed E-state index contributed by atoms with van der Waals surface area (Å²) in [5, 5.41) is 0. The predicted molar refractivity (Wildman–Crippen MR) is 104 cm³/mol. The van der Waals surface area contributed by atoms with Crippen LogP contribution in [0.1, 0.15) is 51.0 Å². The third-order valence-corrected chi connectivity index (χ3v) is 7.59. The topological polar surface area (TPSA) is 36.9 Å². The minimum Gasteiger partial charge on any atom is -0.395 e. The Labute approximate surface area is 150 Å². The molecule has 24 heavy (non-hydrogen) atoms. The Morgan fingerprint density at radius 3 is 1.25 bits per heavy atom. The van der Waals surface area contributed by atoms with Crippen molar-refractivity contribution in [1.82, 2.24) is 0 Å². The van der Waals surface area contributed by atoms with Gasteiger partial charge in [-0.1, -0.05) is 24.3 Å². The fraction of sp³-hybridized carbons (Fsp3) is 0.667. The SMILES string of the molecule is CCO[Si](C)(C)OC(C)c1ccc(C(C)O[Si](C)(C)OCC)cc1. The zero-order chi connectivity index (χ0) is 18.4.